The molecule has 0 saturated carbocycles. The molecular weight excluding hydrogens is 338 g/mol. The van der Waals surface area contributed by atoms with E-state index in [1.807, 2.05) is 0 Å². The first-order valence-corrected chi connectivity index (χ1v) is 8.60. The molecule has 2 aromatic rings. The largest absolute Gasteiger partial charge is 0.339 e. The van der Waals surface area contributed by atoms with E-state index >= 15 is 0 Å². The van der Waals surface area contributed by atoms with Gasteiger partial charge in [0.25, 0.3) is 5.91 Å². The van der Waals surface area contributed by atoms with Gasteiger partial charge in [0, 0.05) is 38.2 Å². The predicted octanol–water partition coefficient (Wildman–Crippen LogP) is 2.88. The van der Waals surface area contributed by atoms with Crippen molar-refractivity contribution in [3.63, 3.8) is 0 Å². The fourth-order valence-corrected chi connectivity index (χ4v) is 2.99. The molecular formula is C20H20F2N2O2. The molecule has 1 saturated heterocycles. The van der Waals surface area contributed by atoms with Crippen molar-refractivity contribution in [2.75, 3.05) is 26.2 Å². The molecule has 3 rings (SSSR count). The lowest BCUT2D eigenvalue weighted by molar-refractivity contribution is -0.132. The number of carbonyl (C=O) groups excluding carboxylic acids is 2. The maximum absolute atomic E-state index is 13.0. The second-order valence-electron chi connectivity index (χ2n) is 6.31. The molecule has 0 atom stereocenters. The maximum atomic E-state index is 13.0. The lowest BCUT2D eigenvalue weighted by Gasteiger charge is -2.35. The van der Waals surface area contributed by atoms with Crippen molar-refractivity contribution in [3.8, 4) is 0 Å². The Morgan fingerprint density at radius 3 is 1.85 bits per heavy atom. The highest BCUT2D eigenvalue weighted by Gasteiger charge is 2.24. The van der Waals surface area contributed by atoms with Gasteiger partial charge >= 0.3 is 0 Å². The van der Waals surface area contributed by atoms with Crippen LogP contribution < -0.4 is 0 Å². The Morgan fingerprint density at radius 1 is 0.769 bits per heavy atom. The van der Waals surface area contributed by atoms with E-state index in [0.29, 0.717) is 44.6 Å². The van der Waals surface area contributed by atoms with Crippen LogP contribution >= 0.6 is 0 Å². The van der Waals surface area contributed by atoms with E-state index in [1.165, 1.54) is 36.4 Å². The number of carbonyl (C=O) groups is 2. The third-order valence-electron chi connectivity index (χ3n) is 4.55. The van der Waals surface area contributed by atoms with Gasteiger partial charge in [0.2, 0.25) is 5.91 Å². The zero-order valence-corrected chi connectivity index (χ0v) is 14.3. The van der Waals surface area contributed by atoms with Crippen molar-refractivity contribution >= 4 is 11.8 Å². The molecule has 0 aliphatic carbocycles. The summed E-state index contributed by atoms with van der Waals surface area (Å²) in [5.41, 5.74) is 1.37. The quantitative estimate of drug-likeness (QED) is 0.843. The standard InChI is InChI=1S/C20H20F2N2O2/c21-17-6-1-15(2-7-17)3-10-19(25)23-11-13-24(14-12-23)20(26)16-4-8-18(22)9-5-16/h1-2,4-9H,3,10-14H2. The molecule has 0 aromatic heterocycles. The van der Waals surface area contributed by atoms with Crippen molar-refractivity contribution in [2.45, 2.75) is 12.8 Å². The van der Waals surface area contributed by atoms with Gasteiger partial charge in [0.05, 0.1) is 0 Å². The van der Waals surface area contributed by atoms with Gasteiger partial charge in [0.1, 0.15) is 11.6 Å². The maximum Gasteiger partial charge on any atom is 0.253 e. The van der Waals surface area contributed by atoms with E-state index in [9.17, 15) is 18.4 Å². The SMILES string of the molecule is O=C(CCc1ccc(F)cc1)N1CCN(C(=O)c2ccc(F)cc2)CC1. The molecule has 0 unspecified atom stereocenters. The van der Waals surface area contributed by atoms with Gasteiger partial charge in [-0.1, -0.05) is 12.1 Å². The van der Waals surface area contributed by atoms with Gasteiger partial charge in [-0.15, -0.1) is 0 Å². The Morgan fingerprint density at radius 2 is 1.27 bits per heavy atom. The third-order valence-corrected chi connectivity index (χ3v) is 4.55. The van der Waals surface area contributed by atoms with Crippen LogP contribution in [-0.2, 0) is 11.2 Å². The summed E-state index contributed by atoms with van der Waals surface area (Å²) in [7, 11) is 0. The van der Waals surface area contributed by atoms with E-state index in [4.69, 9.17) is 0 Å². The summed E-state index contributed by atoms with van der Waals surface area (Å²) in [5, 5.41) is 0. The molecule has 136 valence electrons. The second kappa shape index (κ2) is 8.08. The van der Waals surface area contributed by atoms with Crippen molar-refractivity contribution in [1.82, 2.24) is 9.80 Å². The minimum atomic E-state index is -0.377. The van der Waals surface area contributed by atoms with Gasteiger partial charge in [-0.3, -0.25) is 9.59 Å². The van der Waals surface area contributed by atoms with Crippen LogP contribution in [0.25, 0.3) is 0 Å². The summed E-state index contributed by atoms with van der Waals surface area (Å²) in [5.74, 6) is -0.785. The van der Waals surface area contributed by atoms with Gasteiger partial charge in [-0.05, 0) is 48.4 Å². The van der Waals surface area contributed by atoms with Crippen LogP contribution in [0, 0.1) is 11.6 Å². The Kier molecular flexibility index (Phi) is 5.61. The first-order valence-electron chi connectivity index (χ1n) is 8.60. The fraction of sp³-hybridized carbons (Fsp3) is 0.300. The molecule has 2 aromatic carbocycles. The molecule has 1 fully saturated rings. The van der Waals surface area contributed by atoms with Crippen molar-refractivity contribution < 1.29 is 18.4 Å². The summed E-state index contributed by atoms with van der Waals surface area (Å²) >= 11 is 0. The summed E-state index contributed by atoms with van der Waals surface area (Å²) in [6.07, 6.45) is 0.922. The van der Waals surface area contributed by atoms with Crippen molar-refractivity contribution in [3.05, 3.63) is 71.3 Å². The Bertz CT molecular complexity index is 767. The normalized spacial score (nSPS) is 14.4. The van der Waals surface area contributed by atoms with E-state index in [1.54, 1.807) is 21.9 Å². The first-order chi connectivity index (χ1) is 12.5. The average Bonchev–Trinajstić information content (AvgIpc) is 2.67. The molecule has 1 aliphatic rings. The topological polar surface area (TPSA) is 40.6 Å². The Hall–Kier alpha value is -2.76. The minimum Gasteiger partial charge on any atom is -0.339 e. The van der Waals surface area contributed by atoms with E-state index in [-0.39, 0.29) is 23.4 Å². The molecule has 2 amide bonds. The van der Waals surface area contributed by atoms with Crippen LogP contribution in [0.5, 0.6) is 0 Å². The molecule has 0 spiro atoms. The molecule has 1 aliphatic heterocycles. The summed E-state index contributed by atoms with van der Waals surface area (Å²) in [6.45, 7) is 1.88. The number of amides is 2. The summed E-state index contributed by atoms with van der Waals surface area (Å²) in [6, 6.07) is 11.6. The van der Waals surface area contributed by atoms with E-state index in [2.05, 4.69) is 0 Å². The number of piperazine rings is 1. The number of rotatable bonds is 4. The number of benzene rings is 2. The van der Waals surface area contributed by atoms with Gasteiger partial charge in [-0.25, -0.2) is 8.78 Å². The molecule has 1 heterocycles. The monoisotopic (exact) mass is 358 g/mol. The fourth-order valence-electron chi connectivity index (χ4n) is 2.99. The smallest absolute Gasteiger partial charge is 0.253 e. The zero-order chi connectivity index (χ0) is 18.5. The second-order valence-corrected chi connectivity index (χ2v) is 6.31. The van der Waals surface area contributed by atoms with Gasteiger partial charge < -0.3 is 9.80 Å². The van der Waals surface area contributed by atoms with Crippen LogP contribution in [0.4, 0.5) is 8.78 Å². The van der Waals surface area contributed by atoms with Crippen molar-refractivity contribution in [1.29, 1.82) is 0 Å². The highest BCUT2D eigenvalue weighted by Crippen LogP contribution is 2.12. The van der Waals surface area contributed by atoms with Crippen LogP contribution in [0.1, 0.15) is 22.3 Å². The van der Waals surface area contributed by atoms with E-state index < -0.39 is 0 Å². The Balaban J connectivity index is 1.48. The lowest BCUT2D eigenvalue weighted by atomic mass is 10.1. The molecule has 26 heavy (non-hydrogen) atoms. The number of hydrogen-bond acceptors (Lipinski definition) is 2. The summed E-state index contributed by atoms with van der Waals surface area (Å²) < 4.78 is 25.9. The highest BCUT2D eigenvalue weighted by molar-refractivity contribution is 5.94. The molecule has 0 bridgehead atoms. The van der Waals surface area contributed by atoms with Crippen LogP contribution in [0.3, 0.4) is 0 Å². The average molecular weight is 358 g/mol. The number of aryl methyl sites for hydroxylation is 1. The van der Waals surface area contributed by atoms with Crippen molar-refractivity contribution in [2.24, 2.45) is 0 Å². The Labute approximate surface area is 151 Å². The third kappa shape index (κ3) is 4.45. The predicted molar refractivity (Wildman–Crippen MR) is 93.6 cm³/mol. The number of hydrogen-bond donors (Lipinski definition) is 0. The lowest BCUT2D eigenvalue weighted by Crippen LogP contribution is -2.50. The van der Waals surface area contributed by atoms with Crippen LogP contribution in [0.15, 0.2) is 48.5 Å². The van der Waals surface area contributed by atoms with Crippen LogP contribution in [0.2, 0.25) is 0 Å². The zero-order valence-electron chi connectivity index (χ0n) is 14.3. The molecule has 0 N–H and O–H groups in total. The van der Waals surface area contributed by atoms with E-state index in [0.717, 1.165) is 5.56 Å². The first kappa shape index (κ1) is 18.0. The number of halogens is 2. The van der Waals surface area contributed by atoms with Crippen LogP contribution in [-0.4, -0.2) is 47.8 Å². The van der Waals surface area contributed by atoms with Gasteiger partial charge in [-0.2, -0.15) is 0 Å². The highest BCUT2D eigenvalue weighted by atomic mass is 19.1. The van der Waals surface area contributed by atoms with Gasteiger partial charge in [0.15, 0.2) is 0 Å². The molecule has 4 nitrogen and oxygen atoms in total. The number of nitrogens with zero attached hydrogens (tertiary/aromatic N) is 2. The summed E-state index contributed by atoms with van der Waals surface area (Å²) in [4.78, 5) is 28.1. The molecule has 6 heteroatoms. The minimum absolute atomic E-state index is 0.0307. The molecule has 0 radical (unpaired) electrons.